The average Bonchev–Trinajstić information content (AvgIpc) is 2.92. The summed E-state index contributed by atoms with van der Waals surface area (Å²) in [5.41, 5.74) is 3.69. The lowest BCUT2D eigenvalue weighted by Gasteiger charge is -2.28. The van der Waals surface area contributed by atoms with E-state index in [1.54, 1.807) is 17.0 Å². The number of benzene rings is 2. The smallest absolute Gasteiger partial charge is 0.251 e. The maximum atomic E-state index is 13.2. The van der Waals surface area contributed by atoms with Crippen LogP contribution < -0.4 is 20.9 Å². The molecule has 3 amide bonds. The van der Waals surface area contributed by atoms with E-state index >= 15 is 0 Å². The topological polar surface area (TPSA) is 90.5 Å². The Morgan fingerprint density at radius 1 is 1.09 bits per heavy atom. The lowest BCUT2D eigenvalue weighted by Crippen LogP contribution is -2.42. The van der Waals surface area contributed by atoms with Gasteiger partial charge in [-0.2, -0.15) is 0 Å². The van der Waals surface area contributed by atoms with Gasteiger partial charge in [0.25, 0.3) is 5.91 Å². The van der Waals surface area contributed by atoms with Crippen LogP contribution in [-0.2, 0) is 9.59 Å². The number of nitrogens with zero attached hydrogens (tertiary/aromatic N) is 1. The highest BCUT2D eigenvalue weighted by Gasteiger charge is 2.29. The van der Waals surface area contributed by atoms with Gasteiger partial charge in [0.05, 0.1) is 17.9 Å². The lowest BCUT2D eigenvalue weighted by molar-refractivity contribution is -0.118. The van der Waals surface area contributed by atoms with Crippen LogP contribution in [0.4, 0.5) is 17.1 Å². The Morgan fingerprint density at radius 2 is 1.85 bits per heavy atom. The zero-order valence-electron chi connectivity index (χ0n) is 19.3. The summed E-state index contributed by atoms with van der Waals surface area (Å²) < 4.78 is 0. The van der Waals surface area contributed by atoms with E-state index in [9.17, 15) is 14.4 Å². The van der Waals surface area contributed by atoms with Gasteiger partial charge < -0.3 is 20.9 Å². The van der Waals surface area contributed by atoms with Crippen molar-refractivity contribution in [3.05, 3.63) is 53.6 Å². The highest BCUT2D eigenvalue weighted by molar-refractivity contribution is 6.05. The Labute approximate surface area is 194 Å². The third kappa shape index (κ3) is 5.35. The van der Waals surface area contributed by atoms with Crippen LogP contribution >= 0.6 is 0 Å². The van der Waals surface area contributed by atoms with E-state index in [2.05, 4.69) is 16.0 Å². The molecule has 7 heteroatoms. The average molecular weight is 449 g/mol. The number of nitrogens with one attached hydrogen (secondary N) is 3. The van der Waals surface area contributed by atoms with E-state index in [-0.39, 0.29) is 42.8 Å². The molecule has 0 aromatic heterocycles. The van der Waals surface area contributed by atoms with Crippen LogP contribution in [0.15, 0.2) is 42.5 Å². The number of amides is 3. The molecule has 3 N–H and O–H groups in total. The Hall–Kier alpha value is -3.35. The molecule has 33 heavy (non-hydrogen) atoms. The minimum absolute atomic E-state index is 0.0419. The van der Waals surface area contributed by atoms with Crippen molar-refractivity contribution in [1.82, 2.24) is 5.32 Å². The molecule has 0 saturated heterocycles. The van der Waals surface area contributed by atoms with Crippen LogP contribution in [0.1, 0.15) is 61.4 Å². The standard InChI is InChI=1S/C26H32N4O3/c1-17-14-19(26(33)28-20-8-4-3-5-9-20)12-13-21(17)27-16-25(32)30-18(2)15-24(31)29-22-10-6-7-11-23(22)30/h6-7,10-14,18,20,27H,3-5,8-9,15-16H2,1-2H3,(H,28,33)(H,29,31). The second-order valence-corrected chi connectivity index (χ2v) is 9.07. The fraction of sp³-hybridized carbons (Fsp3) is 0.423. The van der Waals surface area contributed by atoms with Crippen molar-refractivity contribution in [3.63, 3.8) is 0 Å². The summed E-state index contributed by atoms with van der Waals surface area (Å²) in [7, 11) is 0. The number of aryl methyl sites for hydroxylation is 1. The molecule has 0 bridgehead atoms. The first-order valence-electron chi connectivity index (χ1n) is 11.8. The monoisotopic (exact) mass is 448 g/mol. The molecule has 0 radical (unpaired) electrons. The second kappa shape index (κ2) is 10.1. The first-order chi connectivity index (χ1) is 15.9. The second-order valence-electron chi connectivity index (χ2n) is 9.07. The van der Waals surface area contributed by atoms with Crippen LogP contribution in [-0.4, -0.2) is 36.3 Å². The van der Waals surface area contributed by atoms with Gasteiger partial charge in [0, 0.05) is 29.8 Å². The molecule has 2 aromatic carbocycles. The summed E-state index contributed by atoms with van der Waals surface area (Å²) >= 11 is 0. The number of para-hydroxylation sites is 2. The largest absolute Gasteiger partial charge is 0.376 e. The number of carbonyl (C=O) groups excluding carboxylic acids is 3. The van der Waals surface area contributed by atoms with Gasteiger partial charge in [-0.15, -0.1) is 0 Å². The van der Waals surface area contributed by atoms with Gasteiger partial charge in [0.1, 0.15) is 0 Å². The van der Waals surface area contributed by atoms with Gasteiger partial charge in [0.15, 0.2) is 0 Å². The molecule has 1 aliphatic heterocycles. The zero-order chi connectivity index (χ0) is 23.4. The van der Waals surface area contributed by atoms with Gasteiger partial charge in [-0.3, -0.25) is 14.4 Å². The molecule has 1 aliphatic carbocycles. The number of anilines is 3. The van der Waals surface area contributed by atoms with E-state index in [1.807, 2.05) is 44.2 Å². The van der Waals surface area contributed by atoms with Crippen LogP contribution in [0.3, 0.4) is 0 Å². The van der Waals surface area contributed by atoms with E-state index in [1.165, 1.54) is 19.3 Å². The van der Waals surface area contributed by atoms with Crippen molar-refractivity contribution in [2.24, 2.45) is 0 Å². The minimum atomic E-state index is -0.255. The highest BCUT2D eigenvalue weighted by atomic mass is 16.2. The number of carbonyl (C=O) groups is 3. The lowest BCUT2D eigenvalue weighted by atomic mass is 9.95. The Bertz CT molecular complexity index is 1050. The summed E-state index contributed by atoms with van der Waals surface area (Å²) in [6.45, 7) is 3.89. The fourth-order valence-corrected chi connectivity index (χ4v) is 4.74. The SMILES string of the molecule is Cc1cc(C(=O)NC2CCCCC2)ccc1NCC(=O)N1c2ccccc2NC(=O)CC1C. The molecule has 2 aromatic rings. The maximum absolute atomic E-state index is 13.2. The zero-order valence-corrected chi connectivity index (χ0v) is 19.3. The van der Waals surface area contributed by atoms with Crippen molar-refractivity contribution in [2.45, 2.75) is 64.5 Å². The molecule has 1 unspecified atom stereocenters. The molecular formula is C26H32N4O3. The van der Waals surface area contributed by atoms with Crippen LogP contribution in [0.2, 0.25) is 0 Å². The molecule has 0 spiro atoms. The predicted octanol–water partition coefficient (Wildman–Crippen LogP) is 4.23. The molecule has 2 aliphatic rings. The molecule has 174 valence electrons. The summed E-state index contributed by atoms with van der Waals surface area (Å²) in [6.07, 6.45) is 5.93. The normalized spacial score (nSPS) is 18.7. The van der Waals surface area contributed by atoms with E-state index in [0.717, 1.165) is 24.1 Å². The van der Waals surface area contributed by atoms with E-state index in [0.29, 0.717) is 16.9 Å². The van der Waals surface area contributed by atoms with Gasteiger partial charge in [0.2, 0.25) is 11.8 Å². The van der Waals surface area contributed by atoms with Crippen LogP contribution in [0.5, 0.6) is 0 Å². The van der Waals surface area contributed by atoms with Crippen molar-refractivity contribution in [1.29, 1.82) is 0 Å². The van der Waals surface area contributed by atoms with Crippen molar-refractivity contribution in [2.75, 3.05) is 22.1 Å². The number of hydrogen-bond donors (Lipinski definition) is 3. The third-order valence-electron chi connectivity index (χ3n) is 6.49. The van der Waals surface area contributed by atoms with Gasteiger partial charge >= 0.3 is 0 Å². The fourth-order valence-electron chi connectivity index (χ4n) is 4.74. The van der Waals surface area contributed by atoms with Crippen LogP contribution in [0, 0.1) is 6.92 Å². The van der Waals surface area contributed by atoms with Gasteiger partial charge in [-0.05, 0) is 62.6 Å². The van der Waals surface area contributed by atoms with Crippen molar-refractivity contribution < 1.29 is 14.4 Å². The third-order valence-corrected chi connectivity index (χ3v) is 6.49. The summed E-state index contributed by atoms with van der Waals surface area (Å²) in [5.74, 6) is -0.263. The molecule has 1 fully saturated rings. The predicted molar refractivity (Wildman–Crippen MR) is 131 cm³/mol. The first-order valence-corrected chi connectivity index (χ1v) is 11.8. The first kappa shape index (κ1) is 22.8. The number of rotatable bonds is 5. The van der Waals surface area contributed by atoms with Gasteiger partial charge in [-0.1, -0.05) is 31.4 Å². The summed E-state index contributed by atoms with van der Waals surface area (Å²) in [5, 5.41) is 9.23. The molecule has 1 saturated carbocycles. The molecule has 1 heterocycles. The minimum Gasteiger partial charge on any atom is -0.376 e. The Kier molecular flexibility index (Phi) is 6.96. The maximum Gasteiger partial charge on any atom is 0.251 e. The summed E-state index contributed by atoms with van der Waals surface area (Å²) in [6, 6.07) is 12.9. The number of fused-ring (bicyclic) bond motifs is 1. The van der Waals surface area contributed by atoms with Crippen molar-refractivity contribution >= 4 is 34.8 Å². The molecule has 7 nitrogen and oxygen atoms in total. The Morgan fingerprint density at radius 3 is 2.61 bits per heavy atom. The van der Waals surface area contributed by atoms with Crippen LogP contribution in [0.25, 0.3) is 0 Å². The van der Waals surface area contributed by atoms with Gasteiger partial charge in [-0.25, -0.2) is 0 Å². The molecular weight excluding hydrogens is 416 g/mol. The number of hydrogen-bond acceptors (Lipinski definition) is 4. The van der Waals surface area contributed by atoms with Crippen molar-refractivity contribution in [3.8, 4) is 0 Å². The highest BCUT2D eigenvalue weighted by Crippen LogP contribution is 2.31. The molecule has 1 atom stereocenters. The quantitative estimate of drug-likeness (QED) is 0.638. The Balaban J connectivity index is 1.42. The van der Waals surface area contributed by atoms with E-state index in [4.69, 9.17) is 0 Å². The summed E-state index contributed by atoms with van der Waals surface area (Å²) in [4.78, 5) is 39.7. The molecule has 4 rings (SSSR count). The van der Waals surface area contributed by atoms with E-state index < -0.39 is 0 Å².